The molecule has 0 aliphatic carbocycles. The van der Waals surface area contributed by atoms with E-state index in [1.165, 1.54) is 33.3 Å². The van der Waals surface area contributed by atoms with E-state index in [-0.39, 0.29) is 6.42 Å². The van der Waals surface area contributed by atoms with Gasteiger partial charge in [0.1, 0.15) is 18.1 Å². The second kappa shape index (κ2) is 9.51. The maximum Gasteiger partial charge on any atom is 0.326 e. The number of nitrogens with one attached hydrogen (secondary N) is 4. The zero-order valence-corrected chi connectivity index (χ0v) is 14.8. The number of carbonyl (C=O) groups excluding carboxylic acids is 3. The lowest BCUT2D eigenvalue weighted by Crippen LogP contribution is -2.55. The molecule has 144 valence electrons. The van der Waals surface area contributed by atoms with Gasteiger partial charge in [0.25, 0.3) is 0 Å². The first-order valence-electron chi connectivity index (χ1n) is 7.98. The molecule has 1 rings (SSSR count). The number of aromatic amines is 1. The van der Waals surface area contributed by atoms with Gasteiger partial charge in [-0.15, -0.1) is 0 Å². The van der Waals surface area contributed by atoms with E-state index in [0.29, 0.717) is 5.69 Å². The normalized spacial score (nSPS) is 15.2. The summed E-state index contributed by atoms with van der Waals surface area (Å²) in [6.07, 6.45) is 2.87. The number of carboxylic acid groups (broad SMARTS) is 1. The third-order valence-electron chi connectivity index (χ3n) is 3.51. The largest absolute Gasteiger partial charge is 0.480 e. The summed E-state index contributed by atoms with van der Waals surface area (Å²) in [5.74, 6) is -2.99. The molecule has 0 saturated heterocycles. The first-order valence-corrected chi connectivity index (χ1v) is 7.98. The van der Waals surface area contributed by atoms with Gasteiger partial charge in [-0.1, -0.05) is 0 Å². The van der Waals surface area contributed by atoms with E-state index in [1.54, 1.807) is 0 Å². The van der Waals surface area contributed by atoms with Gasteiger partial charge >= 0.3 is 5.97 Å². The highest BCUT2D eigenvalue weighted by atomic mass is 16.4. The Hall–Kier alpha value is -2.95. The summed E-state index contributed by atoms with van der Waals surface area (Å²) in [7, 11) is 0. The van der Waals surface area contributed by atoms with Crippen LogP contribution in [0.25, 0.3) is 0 Å². The number of nitrogens with two attached hydrogens (primary N) is 1. The molecular weight excluding hydrogens is 344 g/mol. The number of hydrogen-bond acceptors (Lipinski definition) is 6. The molecule has 0 spiro atoms. The molecular formula is C15H24N6O5. The van der Waals surface area contributed by atoms with Crippen LogP contribution in [0.3, 0.4) is 0 Å². The Morgan fingerprint density at radius 3 is 2.08 bits per heavy atom. The molecule has 0 radical (unpaired) electrons. The molecule has 7 N–H and O–H groups in total. The highest BCUT2D eigenvalue weighted by molar-refractivity contribution is 5.93. The zero-order chi connectivity index (χ0) is 19.9. The predicted molar refractivity (Wildman–Crippen MR) is 90.7 cm³/mol. The van der Waals surface area contributed by atoms with Gasteiger partial charge in [0, 0.05) is 18.3 Å². The minimum Gasteiger partial charge on any atom is -0.480 e. The van der Waals surface area contributed by atoms with Gasteiger partial charge < -0.3 is 31.8 Å². The van der Waals surface area contributed by atoms with Crippen molar-refractivity contribution >= 4 is 23.7 Å². The standard InChI is InChI=1S/C15H24N6O5/c1-7(16)12(22)19-8(2)13(23)20-9(3)14(24)21-11(15(25)26)4-10-5-17-6-18-10/h5-9,11H,4,16H2,1-3H3,(H,17,18)(H,19,22)(H,20,23)(H,21,24)(H,25,26). The highest BCUT2D eigenvalue weighted by Gasteiger charge is 2.26. The monoisotopic (exact) mass is 368 g/mol. The van der Waals surface area contributed by atoms with Crippen LogP contribution in [0.15, 0.2) is 12.5 Å². The number of H-pyrrole nitrogens is 1. The quantitative estimate of drug-likeness (QED) is 0.288. The third-order valence-corrected chi connectivity index (χ3v) is 3.51. The second-order valence-electron chi connectivity index (χ2n) is 5.93. The number of carboxylic acids is 1. The van der Waals surface area contributed by atoms with E-state index in [1.807, 2.05) is 0 Å². The first-order chi connectivity index (χ1) is 12.1. The van der Waals surface area contributed by atoms with Crippen LogP contribution in [0.5, 0.6) is 0 Å². The topological polar surface area (TPSA) is 179 Å². The molecule has 0 fully saturated rings. The van der Waals surface area contributed by atoms with Crippen molar-refractivity contribution in [1.29, 1.82) is 0 Å². The third kappa shape index (κ3) is 6.51. The number of hydrogen-bond donors (Lipinski definition) is 6. The molecule has 4 atom stereocenters. The molecule has 1 aromatic heterocycles. The molecule has 0 aliphatic rings. The minimum atomic E-state index is -1.22. The van der Waals surface area contributed by atoms with Crippen LogP contribution >= 0.6 is 0 Å². The summed E-state index contributed by atoms with van der Waals surface area (Å²) >= 11 is 0. The average molecular weight is 368 g/mol. The molecule has 1 heterocycles. The van der Waals surface area contributed by atoms with Crippen LogP contribution in [0.1, 0.15) is 26.5 Å². The number of aliphatic carboxylic acids is 1. The minimum absolute atomic E-state index is 0.0165. The van der Waals surface area contributed by atoms with E-state index >= 15 is 0 Å². The van der Waals surface area contributed by atoms with Crippen LogP contribution in [0.2, 0.25) is 0 Å². The molecule has 0 saturated carbocycles. The molecule has 3 amide bonds. The molecule has 0 aliphatic heterocycles. The van der Waals surface area contributed by atoms with E-state index in [2.05, 4.69) is 25.9 Å². The molecule has 0 bridgehead atoms. The lowest BCUT2D eigenvalue weighted by molar-refractivity contribution is -0.142. The SMILES string of the molecule is CC(N)C(=O)NC(C)C(=O)NC(C)C(=O)NC(Cc1cnc[nH]1)C(=O)O. The maximum absolute atomic E-state index is 12.2. The summed E-state index contributed by atoms with van der Waals surface area (Å²) in [4.78, 5) is 53.5. The smallest absolute Gasteiger partial charge is 0.326 e. The fourth-order valence-corrected chi connectivity index (χ4v) is 1.93. The molecule has 11 nitrogen and oxygen atoms in total. The molecule has 1 aromatic rings. The second-order valence-corrected chi connectivity index (χ2v) is 5.93. The van der Waals surface area contributed by atoms with E-state index < -0.39 is 47.9 Å². The van der Waals surface area contributed by atoms with Crippen molar-refractivity contribution < 1.29 is 24.3 Å². The molecule has 0 aromatic carbocycles. The van der Waals surface area contributed by atoms with Crippen LogP contribution in [-0.4, -0.2) is 62.9 Å². The number of imidazole rings is 1. The lowest BCUT2D eigenvalue weighted by atomic mass is 10.1. The van der Waals surface area contributed by atoms with Gasteiger partial charge in [-0.2, -0.15) is 0 Å². The van der Waals surface area contributed by atoms with Crippen LogP contribution in [-0.2, 0) is 25.6 Å². The van der Waals surface area contributed by atoms with Crippen LogP contribution in [0, 0.1) is 0 Å². The molecule has 11 heteroatoms. The van der Waals surface area contributed by atoms with Crippen molar-refractivity contribution in [3.63, 3.8) is 0 Å². The average Bonchev–Trinajstić information content (AvgIpc) is 3.06. The first kappa shape index (κ1) is 21.1. The summed E-state index contributed by atoms with van der Waals surface area (Å²) in [5.41, 5.74) is 5.95. The van der Waals surface area contributed by atoms with Crippen LogP contribution in [0.4, 0.5) is 0 Å². The Balaban J connectivity index is 2.58. The van der Waals surface area contributed by atoms with E-state index in [0.717, 1.165) is 0 Å². The van der Waals surface area contributed by atoms with Crippen molar-refractivity contribution in [3.05, 3.63) is 18.2 Å². The summed E-state index contributed by atoms with van der Waals surface area (Å²) in [5, 5.41) is 16.4. The van der Waals surface area contributed by atoms with Gasteiger partial charge in [-0.3, -0.25) is 14.4 Å². The van der Waals surface area contributed by atoms with Gasteiger partial charge in [-0.05, 0) is 20.8 Å². The van der Waals surface area contributed by atoms with Crippen molar-refractivity contribution in [1.82, 2.24) is 25.9 Å². The van der Waals surface area contributed by atoms with Crippen molar-refractivity contribution in [2.45, 2.75) is 51.4 Å². The fourth-order valence-electron chi connectivity index (χ4n) is 1.93. The van der Waals surface area contributed by atoms with E-state index in [9.17, 15) is 24.3 Å². The van der Waals surface area contributed by atoms with Gasteiger partial charge in [0.05, 0.1) is 12.4 Å². The Morgan fingerprint density at radius 1 is 1.08 bits per heavy atom. The van der Waals surface area contributed by atoms with E-state index in [4.69, 9.17) is 5.73 Å². The summed E-state index contributed by atoms with van der Waals surface area (Å²) < 4.78 is 0. The molecule has 4 unspecified atom stereocenters. The van der Waals surface area contributed by atoms with Crippen molar-refractivity contribution in [2.24, 2.45) is 5.73 Å². The predicted octanol–water partition coefficient (Wildman–Crippen LogP) is -2.12. The van der Waals surface area contributed by atoms with Crippen molar-refractivity contribution in [3.8, 4) is 0 Å². The van der Waals surface area contributed by atoms with Crippen LogP contribution < -0.4 is 21.7 Å². The van der Waals surface area contributed by atoms with Gasteiger partial charge in [-0.25, -0.2) is 9.78 Å². The Morgan fingerprint density at radius 2 is 1.62 bits per heavy atom. The Kier molecular flexibility index (Phi) is 7.72. The number of carbonyl (C=O) groups is 4. The summed E-state index contributed by atoms with van der Waals surface area (Å²) in [6.45, 7) is 4.32. The number of amides is 3. The Bertz CT molecular complexity index is 645. The van der Waals surface area contributed by atoms with Gasteiger partial charge in [0.2, 0.25) is 17.7 Å². The summed E-state index contributed by atoms with van der Waals surface area (Å²) in [6, 6.07) is -3.85. The Labute approximate surface area is 150 Å². The fraction of sp³-hybridized carbons (Fsp3) is 0.533. The number of rotatable bonds is 9. The van der Waals surface area contributed by atoms with Crippen molar-refractivity contribution in [2.75, 3.05) is 0 Å². The highest BCUT2D eigenvalue weighted by Crippen LogP contribution is 2.00. The lowest BCUT2D eigenvalue weighted by Gasteiger charge is -2.21. The molecule has 26 heavy (non-hydrogen) atoms. The number of aromatic nitrogens is 2. The maximum atomic E-state index is 12.2. The van der Waals surface area contributed by atoms with Gasteiger partial charge in [0.15, 0.2) is 0 Å². The number of nitrogens with zero attached hydrogens (tertiary/aromatic N) is 1. The zero-order valence-electron chi connectivity index (χ0n) is 14.8.